The van der Waals surface area contributed by atoms with Gasteiger partial charge in [-0.1, -0.05) is 26.2 Å². The minimum absolute atomic E-state index is 0.134. The number of nitrogens with one attached hydrogen (secondary N) is 1. The number of hydrogen-bond acceptors (Lipinski definition) is 6. The molecule has 0 aliphatic carbocycles. The smallest absolute Gasteiger partial charge is 0.328 e. The normalized spacial score (nSPS) is 17.8. The molecule has 1 aliphatic heterocycles. The number of thiol groups is 2. The molecule has 0 spiro atoms. The third-order valence-electron chi connectivity index (χ3n) is 4.61. The molecule has 4 nitrogen and oxygen atoms in total. The van der Waals surface area contributed by atoms with E-state index in [4.69, 9.17) is 9.47 Å². The zero-order valence-electron chi connectivity index (χ0n) is 16.9. The van der Waals surface area contributed by atoms with Gasteiger partial charge in [-0.2, -0.15) is 25.3 Å². The van der Waals surface area contributed by atoms with Crippen LogP contribution in [0.25, 0.3) is 0 Å². The number of hydrogen-bond donors (Lipinski definition) is 3. The Morgan fingerprint density at radius 1 is 1.19 bits per heavy atom. The number of esters is 1. The minimum atomic E-state index is -0.238. The van der Waals surface area contributed by atoms with Gasteiger partial charge in [-0.25, -0.2) is 4.79 Å². The van der Waals surface area contributed by atoms with E-state index in [1.807, 2.05) is 19.1 Å². The molecule has 1 aliphatic rings. The fourth-order valence-corrected chi connectivity index (χ4v) is 3.74. The molecule has 2 atom stereocenters. The van der Waals surface area contributed by atoms with Crippen LogP contribution in [-0.2, 0) is 16.0 Å². The van der Waals surface area contributed by atoms with E-state index in [1.165, 1.54) is 18.4 Å². The molecule has 0 amide bonds. The van der Waals surface area contributed by atoms with Gasteiger partial charge in [0.15, 0.2) is 0 Å². The van der Waals surface area contributed by atoms with Crippen LogP contribution in [0.5, 0.6) is 5.75 Å². The van der Waals surface area contributed by atoms with E-state index >= 15 is 0 Å². The maximum Gasteiger partial charge on any atom is 0.328 e. The Balaban J connectivity index is 0.000000646. The average molecular weight is 414 g/mol. The molecule has 1 N–H and O–H groups in total. The number of fused-ring (bicyclic) bond motifs is 1. The van der Waals surface area contributed by atoms with E-state index in [9.17, 15) is 4.79 Å². The summed E-state index contributed by atoms with van der Waals surface area (Å²) >= 11 is 7.90. The zero-order chi connectivity index (χ0) is 20.1. The van der Waals surface area contributed by atoms with Crippen LogP contribution in [-0.4, -0.2) is 37.2 Å². The molecule has 0 aromatic heterocycles. The largest absolute Gasteiger partial charge is 0.497 e. The zero-order valence-corrected chi connectivity index (χ0v) is 18.7. The fourth-order valence-electron chi connectivity index (χ4n) is 3.17. The Morgan fingerprint density at radius 2 is 1.93 bits per heavy atom. The molecule has 0 saturated heterocycles. The van der Waals surface area contributed by atoms with Crippen LogP contribution in [0.15, 0.2) is 18.2 Å². The quantitative estimate of drug-likeness (QED) is 0.302. The number of unbranched alkanes of at least 4 members (excludes halogenated alkanes) is 2. The fraction of sp³-hybridized carbons (Fsp3) is 0.667. The lowest BCUT2D eigenvalue weighted by molar-refractivity contribution is -0.145. The second-order valence-electron chi connectivity index (χ2n) is 6.66. The van der Waals surface area contributed by atoms with Gasteiger partial charge in [-0.15, -0.1) is 0 Å². The summed E-state index contributed by atoms with van der Waals surface area (Å²) in [6.07, 6.45) is 6.60. The van der Waals surface area contributed by atoms with Gasteiger partial charge in [0.05, 0.1) is 13.7 Å². The van der Waals surface area contributed by atoms with E-state index in [-0.39, 0.29) is 17.9 Å². The summed E-state index contributed by atoms with van der Waals surface area (Å²) < 4.78 is 10.6. The molecule has 2 rings (SSSR count). The van der Waals surface area contributed by atoms with Crippen molar-refractivity contribution in [1.82, 2.24) is 0 Å². The molecule has 0 bridgehead atoms. The summed E-state index contributed by atoms with van der Waals surface area (Å²) in [6, 6.07) is 5.74. The van der Waals surface area contributed by atoms with Gasteiger partial charge in [-0.3, -0.25) is 0 Å². The van der Waals surface area contributed by atoms with Gasteiger partial charge in [0.25, 0.3) is 0 Å². The highest BCUT2D eigenvalue weighted by Gasteiger charge is 2.34. The molecule has 27 heavy (non-hydrogen) atoms. The van der Waals surface area contributed by atoms with Crippen molar-refractivity contribution in [2.24, 2.45) is 5.92 Å². The monoisotopic (exact) mass is 413 g/mol. The van der Waals surface area contributed by atoms with E-state index in [2.05, 4.69) is 43.6 Å². The van der Waals surface area contributed by atoms with Crippen molar-refractivity contribution in [3.8, 4) is 5.75 Å². The highest BCUT2D eigenvalue weighted by molar-refractivity contribution is 7.81. The Kier molecular flexibility index (Phi) is 12.5. The van der Waals surface area contributed by atoms with E-state index in [0.717, 1.165) is 48.6 Å². The summed E-state index contributed by atoms with van der Waals surface area (Å²) in [7, 11) is 1.68. The van der Waals surface area contributed by atoms with E-state index < -0.39 is 0 Å². The summed E-state index contributed by atoms with van der Waals surface area (Å²) in [4.78, 5) is 12.3. The van der Waals surface area contributed by atoms with Crippen molar-refractivity contribution in [2.75, 3.05) is 30.5 Å². The highest BCUT2D eigenvalue weighted by Crippen LogP contribution is 2.34. The van der Waals surface area contributed by atoms with Gasteiger partial charge >= 0.3 is 5.97 Å². The first-order valence-electron chi connectivity index (χ1n) is 9.92. The molecular weight excluding hydrogens is 378 g/mol. The van der Waals surface area contributed by atoms with Crippen molar-refractivity contribution in [2.45, 2.75) is 58.4 Å². The van der Waals surface area contributed by atoms with E-state index in [0.29, 0.717) is 6.61 Å². The van der Waals surface area contributed by atoms with Gasteiger partial charge in [-0.05, 0) is 67.4 Å². The van der Waals surface area contributed by atoms with Crippen LogP contribution in [0.3, 0.4) is 0 Å². The van der Waals surface area contributed by atoms with E-state index in [1.54, 1.807) is 7.11 Å². The molecule has 0 saturated carbocycles. The second kappa shape index (κ2) is 14.1. The highest BCUT2D eigenvalue weighted by atomic mass is 32.1. The number of ether oxygens (including phenoxy) is 2. The first kappa shape index (κ1) is 24.0. The first-order chi connectivity index (χ1) is 13.1. The summed E-state index contributed by atoms with van der Waals surface area (Å²) in [5.41, 5.74) is 2.24. The standard InChI is InChI=1S/C18H27NO3.C3H8S2/c1-4-6-7-8-13-11-14-12-15(21-3)9-10-16(14)19-17(13)18(20)22-5-2;4-2-1-3-5/h9-10,12-13,17,19H,4-8,11H2,1-3H3;4-5H,1-3H2. The van der Waals surface area contributed by atoms with Crippen LogP contribution in [0, 0.1) is 5.92 Å². The van der Waals surface area contributed by atoms with Crippen molar-refractivity contribution in [1.29, 1.82) is 0 Å². The van der Waals surface area contributed by atoms with Crippen LogP contribution in [0.4, 0.5) is 5.69 Å². The Morgan fingerprint density at radius 3 is 2.48 bits per heavy atom. The molecule has 0 radical (unpaired) electrons. The van der Waals surface area contributed by atoms with Crippen molar-refractivity contribution >= 4 is 36.9 Å². The summed E-state index contributed by atoms with van der Waals surface area (Å²) in [6.45, 7) is 4.47. The van der Waals surface area contributed by atoms with Crippen LogP contribution >= 0.6 is 25.3 Å². The number of methoxy groups -OCH3 is 1. The summed E-state index contributed by atoms with van der Waals surface area (Å²) in [5, 5.41) is 3.38. The van der Waals surface area contributed by atoms with Gasteiger partial charge in [0.1, 0.15) is 11.8 Å². The second-order valence-corrected chi connectivity index (χ2v) is 7.55. The number of carbonyl (C=O) groups excluding carboxylic acids is 1. The average Bonchev–Trinajstić information content (AvgIpc) is 2.68. The maximum absolute atomic E-state index is 12.3. The van der Waals surface area contributed by atoms with Gasteiger partial charge in [0.2, 0.25) is 0 Å². The molecule has 6 heteroatoms. The van der Waals surface area contributed by atoms with Gasteiger partial charge in [0, 0.05) is 5.69 Å². The minimum Gasteiger partial charge on any atom is -0.497 e. The SMILES string of the molecule is CCCCCC1Cc2cc(OC)ccc2NC1C(=O)OCC.SCCCS. The topological polar surface area (TPSA) is 47.6 Å². The molecule has 154 valence electrons. The first-order valence-corrected chi connectivity index (χ1v) is 11.2. The lowest BCUT2D eigenvalue weighted by Gasteiger charge is -2.33. The number of benzene rings is 1. The lowest BCUT2D eigenvalue weighted by atomic mass is 9.83. The third-order valence-corrected chi connectivity index (χ3v) is 5.24. The Hall–Kier alpha value is -1.01. The number of rotatable bonds is 9. The van der Waals surface area contributed by atoms with Crippen LogP contribution < -0.4 is 10.1 Å². The molecule has 2 unspecified atom stereocenters. The molecule has 1 aromatic carbocycles. The van der Waals surface area contributed by atoms with Crippen molar-refractivity contribution in [3.05, 3.63) is 23.8 Å². The molecule has 0 fully saturated rings. The third kappa shape index (κ3) is 8.26. The van der Waals surface area contributed by atoms with Crippen molar-refractivity contribution in [3.63, 3.8) is 0 Å². The van der Waals surface area contributed by atoms with Gasteiger partial charge < -0.3 is 14.8 Å². The Bertz CT molecular complexity index is 552. The predicted molar refractivity (Wildman–Crippen MR) is 121 cm³/mol. The molecule has 1 heterocycles. The number of carbonyl (C=O) groups is 1. The number of anilines is 1. The van der Waals surface area contributed by atoms with Crippen LogP contribution in [0.2, 0.25) is 0 Å². The Labute approximate surface area is 175 Å². The molecular formula is C21H35NO3S2. The molecule has 1 aromatic rings. The van der Waals surface area contributed by atoms with Crippen molar-refractivity contribution < 1.29 is 14.3 Å². The van der Waals surface area contributed by atoms with Crippen LogP contribution in [0.1, 0.15) is 51.5 Å². The predicted octanol–water partition coefficient (Wildman–Crippen LogP) is 5.03. The maximum atomic E-state index is 12.3. The summed E-state index contributed by atoms with van der Waals surface area (Å²) in [5.74, 6) is 2.94. The lowest BCUT2D eigenvalue weighted by Crippen LogP contribution is -2.42.